The number of carbonyl (C=O) groups is 5. The Bertz CT molecular complexity index is 1840. The van der Waals surface area contributed by atoms with E-state index in [2.05, 4.69) is 77.5 Å². The summed E-state index contributed by atoms with van der Waals surface area (Å²) >= 11 is 3.98. The molecule has 2 unspecified atom stereocenters. The number of esters is 3. The third-order valence-electron chi connectivity index (χ3n) is 12.9. The van der Waals surface area contributed by atoms with Crippen LogP contribution in [-0.4, -0.2) is 96.0 Å². The zero-order valence-corrected chi connectivity index (χ0v) is 41.5. The average molecular weight is 941 g/mol. The second-order valence-electron chi connectivity index (χ2n) is 19.0. The number of nitrogens with zero attached hydrogens (tertiary/aromatic N) is 3. The fraction of sp³-hybridized carbons (Fsp3) is 0.706. The average Bonchev–Trinajstić information content (AvgIpc) is 3.51. The second-order valence-corrected chi connectivity index (χ2v) is 19.7. The third-order valence-corrected chi connectivity index (χ3v) is 13.8. The number of likely N-dealkylation sites (N-methyl/N-ethyl adjacent to an activating group) is 1. The molecule has 1 aliphatic carbocycles. The topological polar surface area (TPSA) is 124 Å². The molecule has 1 aromatic carbocycles. The van der Waals surface area contributed by atoms with Crippen LogP contribution in [0.3, 0.4) is 0 Å². The quantitative estimate of drug-likeness (QED) is 0.0445. The monoisotopic (exact) mass is 939 g/mol. The molecule has 352 valence electrons. The molecule has 1 aromatic heterocycles. The van der Waals surface area contributed by atoms with E-state index >= 15 is 0 Å². The Morgan fingerprint density at radius 2 is 1.44 bits per heavy atom. The molecule has 0 fully saturated rings. The second kappa shape index (κ2) is 25.8. The van der Waals surface area contributed by atoms with Crippen LogP contribution < -0.4 is 0 Å². The lowest BCUT2D eigenvalue weighted by Crippen LogP contribution is -2.47. The lowest BCUT2D eigenvalue weighted by atomic mass is 9.79. The van der Waals surface area contributed by atoms with E-state index in [0.29, 0.717) is 58.3 Å². The van der Waals surface area contributed by atoms with E-state index in [1.165, 1.54) is 22.1 Å². The van der Waals surface area contributed by atoms with E-state index in [0.717, 1.165) is 80.7 Å². The minimum Gasteiger partial charge on any atom is -0.462 e. The Morgan fingerprint density at radius 3 is 2.03 bits per heavy atom. The highest BCUT2D eigenvalue weighted by atomic mass is 79.9. The Labute approximate surface area is 386 Å². The molecule has 1 amide bonds. The largest absolute Gasteiger partial charge is 0.462 e. The van der Waals surface area contributed by atoms with Crippen LogP contribution in [0.5, 0.6) is 0 Å². The molecule has 0 saturated carbocycles. The van der Waals surface area contributed by atoms with Crippen LogP contribution in [0.2, 0.25) is 0 Å². The Hall–Kier alpha value is -3.51. The van der Waals surface area contributed by atoms with Gasteiger partial charge in [-0.2, -0.15) is 0 Å². The number of fused-ring (bicyclic) bond motifs is 2. The number of benzene rings is 1. The van der Waals surface area contributed by atoms with E-state index in [-0.39, 0.29) is 61.1 Å². The van der Waals surface area contributed by atoms with Gasteiger partial charge in [0.1, 0.15) is 19.0 Å². The summed E-state index contributed by atoms with van der Waals surface area (Å²) in [5.74, 6) is -0.989. The lowest BCUT2D eigenvalue weighted by molar-refractivity contribution is -0.168. The first kappa shape index (κ1) is 52.1. The summed E-state index contributed by atoms with van der Waals surface area (Å²) < 4.78 is 20.1. The van der Waals surface area contributed by atoms with Gasteiger partial charge in [0.05, 0.1) is 16.9 Å². The van der Waals surface area contributed by atoms with Crippen LogP contribution in [-0.2, 0) is 51.1 Å². The zero-order chi connectivity index (χ0) is 46.1. The summed E-state index contributed by atoms with van der Waals surface area (Å²) in [6.07, 6.45) is 14.1. The summed E-state index contributed by atoms with van der Waals surface area (Å²) in [6, 6.07) is 6.61. The minimum atomic E-state index is -0.908. The van der Waals surface area contributed by atoms with Crippen LogP contribution in [0.4, 0.5) is 0 Å². The fourth-order valence-electron chi connectivity index (χ4n) is 9.19. The molecule has 2 aromatic rings. The van der Waals surface area contributed by atoms with Crippen molar-refractivity contribution in [1.82, 2.24) is 14.4 Å². The number of Topliss-reactive ketones (excluding diaryl/α,β-unsaturated/α-hetero) is 1. The van der Waals surface area contributed by atoms with Crippen molar-refractivity contribution < 1.29 is 38.2 Å². The van der Waals surface area contributed by atoms with Gasteiger partial charge in [-0.1, -0.05) is 104 Å². The summed E-state index contributed by atoms with van der Waals surface area (Å²) in [4.78, 5) is 69.5. The number of ketones is 1. The molecule has 3 atom stereocenters. The predicted octanol–water partition coefficient (Wildman–Crippen LogP) is 10.7. The van der Waals surface area contributed by atoms with E-state index < -0.39 is 17.5 Å². The van der Waals surface area contributed by atoms with E-state index in [1.54, 1.807) is 0 Å². The Kier molecular flexibility index (Phi) is 21.4. The normalized spacial score (nSPS) is 16.7. The van der Waals surface area contributed by atoms with Gasteiger partial charge in [0.15, 0.2) is 6.10 Å². The number of carbonyl (C=O) groups excluding carboxylic acids is 5. The summed E-state index contributed by atoms with van der Waals surface area (Å²) in [6.45, 7) is 16.8. The van der Waals surface area contributed by atoms with E-state index in [1.807, 2.05) is 32.6 Å². The van der Waals surface area contributed by atoms with Gasteiger partial charge >= 0.3 is 17.9 Å². The fourth-order valence-corrected chi connectivity index (χ4v) is 9.89. The molecule has 0 radical (unpaired) electrons. The molecule has 1 aliphatic heterocycles. The smallest absolute Gasteiger partial charge is 0.306 e. The maximum absolute atomic E-state index is 13.5. The molecule has 2 heterocycles. The van der Waals surface area contributed by atoms with Crippen LogP contribution in [0.1, 0.15) is 162 Å². The number of halogens is 1. The summed E-state index contributed by atoms with van der Waals surface area (Å²) in [7, 11) is 2.12. The van der Waals surface area contributed by atoms with Crippen molar-refractivity contribution in [2.45, 2.75) is 176 Å². The van der Waals surface area contributed by atoms with Crippen molar-refractivity contribution in [2.24, 2.45) is 17.3 Å². The van der Waals surface area contributed by atoms with Gasteiger partial charge in [-0.05, 0) is 96.6 Å². The predicted molar refractivity (Wildman–Crippen MR) is 254 cm³/mol. The van der Waals surface area contributed by atoms with Gasteiger partial charge in [-0.25, -0.2) is 0 Å². The first-order valence-corrected chi connectivity index (χ1v) is 24.9. The summed E-state index contributed by atoms with van der Waals surface area (Å²) in [5, 5.41) is 1.22. The first-order chi connectivity index (χ1) is 30.1. The molecule has 2 aliphatic rings. The first-order valence-electron chi connectivity index (χ1n) is 24.2. The minimum absolute atomic E-state index is 0.0630. The van der Waals surface area contributed by atoms with Crippen LogP contribution in [0, 0.1) is 17.3 Å². The number of unbranched alkanes of at least 4 members (excludes halogenated alkanes) is 8. The molecule has 0 spiro atoms. The number of hydrogen-bond donors (Lipinski definition) is 0. The highest BCUT2D eigenvalue weighted by Gasteiger charge is 2.38. The van der Waals surface area contributed by atoms with Crippen LogP contribution in [0.15, 0.2) is 28.9 Å². The Balaban J connectivity index is 1.32. The Morgan fingerprint density at radius 1 is 0.841 bits per heavy atom. The van der Waals surface area contributed by atoms with Gasteiger partial charge in [0.25, 0.3) is 0 Å². The van der Waals surface area contributed by atoms with Gasteiger partial charge in [0, 0.05) is 68.8 Å². The van der Waals surface area contributed by atoms with Crippen molar-refractivity contribution in [3.05, 3.63) is 40.0 Å². The van der Waals surface area contributed by atoms with Crippen molar-refractivity contribution >= 4 is 62.0 Å². The number of rotatable bonds is 29. The highest BCUT2D eigenvalue weighted by molar-refractivity contribution is 9.10. The molecule has 11 nitrogen and oxygen atoms in total. The summed E-state index contributed by atoms with van der Waals surface area (Å²) in [5.41, 5.74) is 4.27. The highest BCUT2D eigenvalue weighted by Crippen LogP contribution is 2.45. The van der Waals surface area contributed by atoms with E-state index in [4.69, 9.17) is 14.2 Å². The molecule has 0 bridgehead atoms. The van der Waals surface area contributed by atoms with Crippen molar-refractivity contribution in [2.75, 3.05) is 39.9 Å². The van der Waals surface area contributed by atoms with Crippen LogP contribution in [0.25, 0.3) is 16.5 Å². The molecule has 12 heteroatoms. The maximum Gasteiger partial charge on any atom is 0.306 e. The lowest BCUT2D eigenvalue weighted by Gasteiger charge is -2.40. The molecule has 4 rings (SSSR count). The maximum atomic E-state index is 13.5. The molecular weight excluding hydrogens is 862 g/mol. The van der Waals surface area contributed by atoms with E-state index in [9.17, 15) is 24.0 Å². The SMILES string of the molecule is CCCCCCCC(=O)OCC(COC(=O)CCCCCCC)OC(=O)CC(C)(C)CCC(=O)CC(C)Cn1c(Br)c2c3c(cccc31)C1=C[C@@H](C(=O)N(CC)CC)CN(C)C1C2. The van der Waals surface area contributed by atoms with Gasteiger partial charge in [-0.3, -0.25) is 28.9 Å². The number of hydrogen-bond acceptors (Lipinski definition) is 9. The molecule has 0 saturated heterocycles. The van der Waals surface area contributed by atoms with Crippen molar-refractivity contribution in [1.29, 1.82) is 0 Å². The zero-order valence-electron chi connectivity index (χ0n) is 39.9. The molecule has 0 N–H and O–H groups in total. The van der Waals surface area contributed by atoms with Gasteiger partial charge < -0.3 is 23.7 Å². The van der Waals surface area contributed by atoms with Crippen molar-refractivity contribution in [3.8, 4) is 0 Å². The van der Waals surface area contributed by atoms with Crippen molar-refractivity contribution in [3.63, 3.8) is 0 Å². The number of amides is 1. The van der Waals surface area contributed by atoms with Gasteiger partial charge in [-0.15, -0.1) is 0 Å². The number of aromatic nitrogens is 1. The standard InChI is InChI=1S/C51H78BrN3O8/c1-9-13-15-17-19-24-45(57)61-34-39(35-62-46(58)25-20-18-16-14-10-2)63-47(59)31-51(6,7)27-26-38(56)28-36(5)32-55-43-23-21-22-40-41-29-37(50(60)54(11-3)12-4)33-53(8)44(41)30-42(48(40)43)49(55)52/h21-23,29,36-37,39,44H,9-20,24-28,30-35H2,1-8H3/t36?,37-,44?/m1/s1. The molecule has 63 heavy (non-hydrogen) atoms. The van der Waals surface area contributed by atoms with Gasteiger partial charge in [0.2, 0.25) is 5.91 Å². The number of ether oxygens (including phenoxy) is 3. The third kappa shape index (κ3) is 15.6. The molecular formula is C51H78BrN3O8. The van der Waals surface area contributed by atoms with Crippen LogP contribution >= 0.6 is 15.9 Å².